The van der Waals surface area contributed by atoms with E-state index in [0.717, 1.165) is 12.8 Å². The van der Waals surface area contributed by atoms with Gasteiger partial charge in [-0.25, -0.2) is 4.39 Å². The average molecular weight is 306 g/mol. The van der Waals surface area contributed by atoms with Crippen LogP contribution >= 0.6 is 11.8 Å². The maximum Gasteiger partial charge on any atom is 0.254 e. The van der Waals surface area contributed by atoms with E-state index < -0.39 is 5.82 Å². The van der Waals surface area contributed by atoms with E-state index in [1.165, 1.54) is 18.6 Å². The van der Waals surface area contributed by atoms with E-state index in [1.54, 1.807) is 17.8 Å². The summed E-state index contributed by atoms with van der Waals surface area (Å²) in [5, 5.41) is 2.84. The highest BCUT2D eigenvalue weighted by atomic mass is 32.2. The van der Waals surface area contributed by atoms with E-state index in [9.17, 15) is 9.18 Å². The number of nitrogens with two attached hydrogens (primary N) is 1. The summed E-state index contributed by atoms with van der Waals surface area (Å²) in [4.78, 5) is 12.1. The Morgan fingerprint density at radius 1 is 1.52 bits per heavy atom. The first kappa shape index (κ1) is 15.9. The zero-order valence-electron chi connectivity index (χ0n) is 12.0. The van der Waals surface area contributed by atoms with Gasteiger partial charge in [-0.3, -0.25) is 4.79 Å². The molecule has 0 aromatic heterocycles. The van der Waals surface area contributed by atoms with Gasteiger partial charge in [0.15, 0.2) is 0 Å². The first-order valence-corrected chi connectivity index (χ1v) is 8.14. The minimum Gasteiger partial charge on any atom is -0.351 e. The second-order valence-electron chi connectivity index (χ2n) is 5.12. The fourth-order valence-corrected chi connectivity index (χ4v) is 3.20. The molecular weight excluding hydrogens is 287 g/mol. The van der Waals surface area contributed by atoms with Crippen molar-refractivity contribution < 1.29 is 9.18 Å². The van der Waals surface area contributed by atoms with Crippen molar-refractivity contribution in [2.24, 2.45) is 5.73 Å². The summed E-state index contributed by atoms with van der Waals surface area (Å²) in [6, 6.07) is 4.37. The lowest BCUT2D eigenvalue weighted by Crippen LogP contribution is -2.45. The average Bonchev–Trinajstić information content (AvgIpc) is 2.44. The molecule has 1 fully saturated rings. The van der Waals surface area contributed by atoms with E-state index in [4.69, 9.17) is 5.73 Å². The number of carbonyl (C=O) groups excluding carboxylic acids is 1. The first-order chi connectivity index (χ1) is 10.1. The molecule has 0 saturated heterocycles. The van der Waals surface area contributed by atoms with Crippen molar-refractivity contribution in [3.8, 4) is 11.8 Å². The molecule has 3 nitrogen and oxygen atoms in total. The number of hydrogen-bond acceptors (Lipinski definition) is 3. The Morgan fingerprint density at radius 3 is 2.81 bits per heavy atom. The van der Waals surface area contributed by atoms with E-state index in [2.05, 4.69) is 23.4 Å². The molecular formula is C16H19FN2OS. The predicted molar refractivity (Wildman–Crippen MR) is 84.8 cm³/mol. The Morgan fingerprint density at radius 2 is 2.29 bits per heavy atom. The maximum atomic E-state index is 14.0. The lowest BCUT2D eigenvalue weighted by Gasteiger charge is -2.40. The third kappa shape index (κ3) is 3.78. The van der Waals surface area contributed by atoms with E-state index in [-0.39, 0.29) is 22.8 Å². The van der Waals surface area contributed by atoms with Gasteiger partial charge in [-0.15, -0.1) is 0 Å². The molecule has 3 N–H and O–H groups in total. The van der Waals surface area contributed by atoms with Gasteiger partial charge in [0.25, 0.3) is 5.91 Å². The smallest absolute Gasteiger partial charge is 0.254 e. The second kappa shape index (κ2) is 6.97. The summed E-state index contributed by atoms with van der Waals surface area (Å²) in [6.45, 7) is 0.807. The normalized spacial score (nSPS) is 15.6. The molecule has 1 saturated carbocycles. The SMILES string of the molecule is CSC1(CNC(=O)c2ccc(C#CCN)cc2F)CCC1. The molecule has 0 atom stereocenters. The highest BCUT2D eigenvalue weighted by molar-refractivity contribution is 8.00. The summed E-state index contributed by atoms with van der Waals surface area (Å²) in [7, 11) is 0. The Kier molecular flexibility index (Phi) is 5.27. The molecule has 0 spiro atoms. The number of halogens is 1. The van der Waals surface area contributed by atoms with Crippen LogP contribution < -0.4 is 11.1 Å². The molecule has 1 aliphatic carbocycles. The van der Waals surface area contributed by atoms with Crippen molar-refractivity contribution in [3.05, 3.63) is 35.1 Å². The van der Waals surface area contributed by atoms with Gasteiger partial charge < -0.3 is 11.1 Å². The predicted octanol–water partition coefficient (Wildman–Crippen LogP) is 2.15. The van der Waals surface area contributed by atoms with Crippen LogP contribution in [0.2, 0.25) is 0 Å². The van der Waals surface area contributed by atoms with Crippen LogP contribution in [0.4, 0.5) is 4.39 Å². The van der Waals surface area contributed by atoms with Crippen LogP contribution in [0, 0.1) is 17.7 Å². The molecule has 0 radical (unpaired) electrons. The molecule has 1 aromatic carbocycles. The Bertz CT molecular complexity index is 582. The summed E-state index contributed by atoms with van der Waals surface area (Å²) in [5.41, 5.74) is 5.85. The van der Waals surface area contributed by atoms with Crippen LogP contribution in [0.5, 0.6) is 0 Å². The van der Waals surface area contributed by atoms with Crippen LogP contribution in [-0.2, 0) is 0 Å². The number of thioether (sulfide) groups is 1. The van der Waals surface area contributed by atoms with Crippen molar-refractivity contribution in [1.82, 2.24) is 5.32 Å². The van der Waals surface area contributed by atoms with E-state index in [1.807, 2.05) is 0 Å². The summed E-state index contributed by atoms with van der Waals surface area (Å²) in [5.74, 6) is 4.48. The molecule has 0 unspecified atom stereocenters. The third-order valence-electron chi connectivity index (χ3n) is 3.82. The van der Waals surface area contributed by atoms with Crippen LogP contribution in [0.1, 0.15) is 35.2 Å². The highest BCUT2D eigenvalue weighted by Gasteiger charge is 2.36. The van der Waals surface area contributed by atoms with Crippen LogP contribution in [0.25, 0.3) is 0 Å². The molecule has 1 amide bonds. The summed E-state index contributed by atoms with van der Waals surface area (Å²) < 4.78 is 14.1. The number of nitrogens with one attached hydrogen (secondary N) is 1. The van der Waals surface area contributed by atoms with Gasteiger partial charge in [0, 0.05) is 16.9 Å². The van der Waals surface area contributed by atoms with E-state index in [0.29, 0.717) is 12.1 Å². The molecule has 2 rings (SSSR count). The minimum absolute atomic E-state index is 0.0591. The van der Waals surface area contributed by atoms with Crippen molar-refractivity contribution >= 4 is 17.7 Å². The van der Waals surface area contributed by atoms with Gasteiger partial charge in [-0.2, -0.15) is 11.8 Å². The third-order valence-corrected chi connectivity index (χ3v) is 5.24. The molecule has 5 heteroatoms. The topological polar surface area (TPSA) is 55.1 Å². The molecule has 1 aromatic rings. The van der Waals surface area contributed by atoms with Crippen molar-refractivity contribution in [2.45, 2.75) is 24.0 Å². The zero-order chi connectivity index (χ0) is 15.3. The molecule has 21 heavy (non-hydrogen) atoms. The molecule has 0 heterocycles. The molecule has 0 bridgehead atoms. The van der Waals surface area contributed by atoms with Gasteiger partial charge in [-0.1, -0.05) is 18.3 Å². The standard InChI is InChI=1S/C16H19FN2OS/c1-21-16(7-3-8-16)11-19-15(20)13-6-5-12(4-2-9-18)10-14(13)17/h5-6,10H,3,7-9,11,18H2,1H3,(H,19,20). The Hall–Kier alpha value is -1.51. The number of amides is 1. The molecule has 112 valence electrons. The lowest BCUT2D eigenvalue weighted by molar-refractivity contribution is 0.0940. The zero-order valence-corrected chi connectivity index (χ0v) is 12.9. The summed E-state index contributed by atoms with van der Waals surface area (Å²) >= 11 is 1.77. The van der Waals surface area contributed by atoms with Crippen molar-refractivity contribution in [2.75, 3.05) is 19.3 Å². The number of carbonyl (C=O) groups is 1. The fraction of sp³-hybridized carbons (Fsp3) is 0.438. The van der Waals surface area contributed by atoms with Crippen molar-refractivity contribution in [3.63, 3.8) is 0 Å². The maximum absolute atomic E-state index is 14.0. The van der Waals surface area contributed by atoms with Crippen LogP contribution in [0.3, 0.4) is 0 Å². The Balaban J connectivity index is 2.02. The second-order valence-corrected chi connectivity index (χ2v) is 6.40. The molecule has 1 aliphatic rings. The van der Waals surface area contributed by atoms with Gasteiger partial charge >= 0.3 is 0 Å². The summed E-state index contributed by atoms with van der Waals surface area (Å²) in [6.07, 6.45) is 5.45. The largest absolute Gasteiger partial charge is 0.351 e. The van der Waals surface area contributed by atoms with Gasteiger partial charge in [-0.05, 0) is 37.3 Å². The lowest BCUT2D eigenvalue weighted by atomic mass is 9.84. The molecule has 0 aliphatic heterocycles. The number of benzene rings is 1. The van der Waals surface area contributed by atoms with Crippen LogP contribution in [0.15, 0.2) is 18.2 Å². The fourth-order valence-electron chi connectivity index (χ4n) is 2.29. The van der Waals surface area contributed by atoms with Gasteiger partial charge in [0.1, 0.15) is 5.82 Å². The minimum atomic E-state index is -0.553. The number of rotatable bonds is 4. The monoisotopic (exact) mass is 306 g/mol. The van der Waals surface area contributed by atoms with Crippen molar-refractivity contribution in [1.29, 1.82) is 0 Å². The Labute approximate surface area is 128 Å². The van der Waals surface area contributed by atoms with Gasteiger partial charge in [0.05, 0.1) is 12.1 Å². The number of hydrogen-bond donors (Lipinski definition) is 2. The quantitative estimate of drug-likeness (QED) is 0.838. The van der Waals surface area contributed by atoms with E-state index >= 15 is 0 Å². The van der Waals surface area contributed by atoms with Gasteiger partial charge in [0.2, 0.25) is 0 Å². The first-order valence-electron chi connectivity index (χ1n) is 6.92. The van der Waals surface area contributed by atoms with Crippen LogP contribution in [-0.4, -0.2) is 30.0 Å². The highest BCUT2D eigenvalue weighted by Crippen LogP contribution is 2.42.